The van der Waals surface area contributed by atoms with Crippen LogP contribution in [0.3, 0.4) is 0 Å². The van der Waals surface area contributed by atoms with Crippen LogP contribution in [-0.4, -0.2) is 20.3 Å². The fourth-order valence-corrected chi connectivity index (χ4v) is 2.48. The topological polar surface area (TPSA) is 45.0 Å². The van der Waals surface area contributed by atoms with Gasteiger partial charge in [-0.3, -0.25) is 0 Å². The molecule has 3 nitrogen and oxygen atoms in total. The summed E-state index contributed by atoms with van der Waals surface area (Å²) in [5.41, 5.74) is 2.15. The van der Waals surface area contributed by atoms with Crippen LogP contribution in [0.2, 0.25) is 0 Å². The molecule has 1 aromatic rings. The third-order valence-electron chi connectivity index (χ3n) is 3.55. The molecule has 0 aliphatic heterocycles. The number of nitrogens with one attached hydrogen (secondary N) is 1. The maximum absolute atomic E-state index is 8.86. The van der Waals surface area contributed by atoms with E-state index in [2.05, 4.69) is 27.3 Å². The maximum atomic E-state index is 8.86. The predicted octanol–water partition coefficient (Wildman–Crippen LogP) is 3.55. The Labute approximate surface area is 116 Å². The molecular weight excluding hydrogens is 292 g/mol. The van der Waals surface area contributed by atoms with Gasteiger partial charge in [-0.05, 0) is 58.8 Å². The van der Waals surface area contributed by atoms with E-state index in [9.17, 15) is 0 Å². The number of hydrogen-bond donors (Lipinski definition) is 1. The lowest BCUT2D eigenvalue weighted by molar-refractivity contribution is 0.175. The third-order valence-corrected chi connectivity index (χ3v) is 4.21. The van der Waals surface area contributed by atoms with Gasteiger partial charge in [-0.2, -0.15) is 5.26 Å². The molecule has 1 fully saturated rings. The molecule has 96 valence electrons. The van der Waals surface area contributed by atoms with Crippen molar-refractivity contribution >= 4 is 21.6 Å². The number of nitrogens with zero attached hydrogens (tertiary/aromatic N) is 1. The Hall–Kier alpha value is -1.05. The molecule has 0 saturated heterocycles. The Kier molecular flexibility index (Phi) is 4.26. The average molecular weight is 309 g/mol. The second-order valence-electron chi connectivity index (χ2n) is 4.90. The van der Waals surface area contributed by atoms with Crippen molar-refractivity contribution in [3.63, 3.8) is 0 Å². The SMILES string of the molecule is COCCC1(CNc2ccc(C#N)c(Br)c2)CC1. The van der Waals surface area contributed by atoms with Crippen molar-refractivity contribution in [2.24, 2.45) is 5.41 Å². The number of methoxy groups -OCH3 is 1. The van der Waals surface area contributed by atoms with Gasteiger partial charge in [0.1, 0.15) is 6.07 Å². The molecule has 0 amide bonds. The van der Waals surface area contributed by atoms with Gasteiger partial charge in [-0.15, -0.1) is 0 Å². The lowest BCUT2D eigenvalue weighted by Gasteiger charge is -2.16. The second kappa shape index (κ2) is 5.73. The van der Waals surface area contributed by atoms with E-state index < -0.39 is 0 Å². The highest BCUT2D eigenvalue weighted by Crippen LogP contribution is 2.48. The Morgan fingerprint density at radius 2 is 2.28 bits per heavy atom. The van der Waals surface area contributed by atoms with E-state index in [0.29, 0.717) is 11.0 Å². The number of hydrogen-bond acceptors (Lipinski definition) is 3. The van der Waals surface area contributed by atoms with E-state index >= 15 is 0 Å². The molecule has 0 radical (unpaired) electrons. The quantitative estimate of drug-likeness (QED) is 0.874. The van der Waals surface area contributed by atoms with Gasteiger partial charge in [0, 0.05) is 30.4 Å². The number of anilines is 1. The molecule has 0 spiro atoms. The van der Waals surface area contributed by atoms with E-state index in [0.717, 1.165) is 29.7 Å². The first-order chi connectivity index (χ1) is 8.69. The standard InChI is InChI=1S/C14H17BrN2O/c1-18-7-6-14(4-5-14)10-17-12-3-2-11(9-16)13(15)8-12/h2-3,8,17H,4-7,10H2,1H3. The van der Waals surface area contributed by atoms with Crippen LogP contribution in [0.5, 0.6) is 0 Å². The first-order valence-electron chi connectivity index (χ1n) is 6.12. The fraction of sp³-hybridized carbons (Fsp3) is 0.500. The zero-order valence-electron chi connectivity index (χ0n) is 10.5. The molecule has 0 heterocycles. The minimum Gasteiger partial charge on any atom is -0.385 e. The molecular formula is C14H17BrN2O. The molecule has 1 aromatic carbocycles. The monoisotopic (exact) mass is 308 g/mol. The van der Waals surface area contributed by atoms with Crippen molar-refractivity contribution in [2.75, 3.05) is 25.6 Å². The van der Waals surface area contributed by atoms with Gasteiger partial charge in [0.2, 0.25) is 0 Å². The first kappa shape index (κ1) is 13.4. The van der Waals surface area contributed by atoms with Gasteiger partial charge in [-0.25, -0.2) is 0 Å². The number of rotatable bonds is 6. The number of nitriles is 1. The van der Waals surface area contributed by atoms with Crippen LogP contribution in [0.25, 0.3) is 0 Å². The van der Waals surface area contributed by atoms with Crippen LogP contribution >= 0.6 is 15.9 Å². The molecule has 1 aliphatic carbocycles. The number of halogens is 1. The summed E-state index contributed by atoms with van der Waals surface area (Å²) in [6.45, 7) is 1.81. The summed E-state index contributed by atoms with van der Waals surface area (Å²) in [6.07, 6.45) is 3.68. The highest BCUT2D eigenvalue weighted by atomic mass is 79.9. The van der Waals surface area contributed by atoms with Crippen molar-refractivity contribution < 1.29 is 4.74 Å². The lowest BCUT2D eigenvalue weighted by atomic mass is 10.0. The molecule has 1 saturated carbocycles. The summed E-state index contributed by atoms with van der Waals surface area (Å²) >= 11 is 3.40. The Balaban J connectivity index is 1.91. The first-order valence-corrected chi connectivity index (χ1v) is 6.91. The Morgan fingerprint density at radius 1 is 1.50 bits per heavy atom. The minimum absolute atomic E-state index is 0.427. The average Bonchev–Trinajstić information content (AvgIpc) is 3.15. The van der Waals surface area contributed by atoms with E-state index in [1.54, 1.807) is 7.11 Å². The molecule has 1 aliphatic rings. The lowest BCUT2D eigenvalue weighted by Crippen LogP contribution is -2.17. The molecule has 0 unspecified atom stereocenters. The zero-order chi connectivity index (χ0) is 13.0. The zero-order valence-corrected chi connectivity index (χ0v) is 12.1. The van der Waals surface area contributed by atoms with Gasteiger partial charge >= 0.3 is 0 Å². The second-order valence-corrected chi connectivity index (χ2v) is 5.76. The summed E-state index contributed by atoms with van der Waals surface area (Å²) < 4.78 is 5.99. The third kappa shape index (κ3) is 3.24. The smallest absolute Gasteiger partial charge is 0.100 e. The van der Waals surface area contributed by atoms with Crippen molar-refractivity contribution in [3.8, 4) is 6.07 Å². The fourth-order valence-electron chi connectivity index (χ4n) is 2.02. The van der Waals surface area contributed by atoms with Crippen LogP contribution in [0.15, 0.2) is 22.7 Å². The van der Waals surface area contributed by atoms with Gasteiger partial charge < -0.3 is 10.1 Å². The normalized spacial score (nSPS) is 16.1. The van der Waals surface area contributed by atoms with E-state index in [4.69, 9.17) is 10.00 Å². The number of ether oxygens (including phenoxy) is 1. The van der Waals surface area contributed by atoms with Crippen molar-refractivity contribution in [1.82, 2.24) is 0 Å². The summed E-state index contributed by atoms with van der Waals surface area (Å²) in [4.78, 5) is 0. The molecule has 4 heteroatoms. The van der Waals surface area contributed by atoms with Gasteiger partial charge in [0.25, 0.3) is 0 Å². The largest absolute Gasteiger partial charge is 0.385 e. The number of benzene rings is 1. The van der Waals surface area contributed by atoms with Crippen LogP contribution < -0.4 is 5.32 Å². The van der Waals surface area contributed by atoms with Crippen LogP contribution in [0, 0.1) is 16.7 Å². The molecule has 0 atom stereocenters. The van der Waals surface area contributed by atoms with Crippen molar-refractivity contribution in [1.29, 1.82) is 5.26 Å². The Morgan fingerprint density at radius 3 is 2.83 bits per heavy atom. The molecule has 2 rings (SSSR count). The molecule has 18 heavy (non-hydrogen) atoms. The molecule has 0 bridgehead atoms. The van der Waals surface area contributed by atoms with Crippen molar-refractivity contribution in [2.45, 2.75) is 19.3 Å². The van der Waals surface area contributed by atoms with Gasteiger partial charge in [-0.1, -0.05) is 0 Å². The highest BCUT2D eigenvalue weighted by Gasteiger charge is 2.41. The summed E-state index contributed by atoms with van der Waals surface area (Å²) in [7, 11) is 1.75. The van der Waals surface area contributed by atoms with Crippen LogP contribution in [-0.2, 0) is 4.74 Å². The summed E-state index contributed by atoms with van der Waals surface area (Å²) in [6, 6.07) is 7.90. The van der Waals surface area contributed by atoms with Gasteiger partial charge in [0.15, 0.2) is 0 Å². The van der Waals surface area contributed by atoms with Crippen LogP contribution in [0.1, 0.15) is 24.8 Å². The van der Waals surface area contributed by atoms with E-state index in [1.165, 1.54) is 12.8 Å². The van der Waals surface area contributed by atoms with E-state index in [-0.39, 0.29) is 0 Å². The van der Waals surface area contributed by atoms with Crippen LogP contribution in [0.4, 0.5) is 5.69 Å². The van der Waals surface area contributed by atoms with Gasteiger partial charge in [0.05, 0.1) is 5.56 Å². The van der Waals surface area contributed by atoms with E-state index in [1.807, 2.05) is 18.2 Å². The highest BCUT2D eigenvalue weighted by molar-refractivity contribution is 9.10. The summed E-state index contributed by atoms with van der Waals surface area (Å²) in [5.74, 6) is 0. The Bertz CT molecular complexity index is 463. The molecule has 1 N–H and O–H groups in total. The maximum Gasteiger partial charge on any atom is 0.100 e. The summed E-state index contributed by atoms with van der Waals surface area (Å²) in [5, 5.41) is 12.3. The molecule has 0 aromatic heterocycles. The predicted molar refractivity (Wildman–Crippen MR) is 75.5 cm³/mol. The van der Waals surface area contributed by atoms with Crippen molar-refractivity contribution in [3.05, 3.63) is 28.2 Å². The minimum atomic E-state index is 0.427.